The zero-order valence-electron chi connectivity index (χ0n) is 11.6. The Morgan fingerprint density at radius 3 is 2.65 bits per heavy atom. The molecule has 3 rings (SSSR count). The predicted octanol–water partition coefficient (Wildman–Crippen LogP) is 4.23. The van der Waals surface area contributed by atoms with Crippen LogP contribution in [0.25, 0.3) is 10.8 Å². The van der Waals surface area contributed by atoms with Crippen molar-refractivity contribution in [1.29, 1.82) is 0 Å². The van der Waals surface area contributed by atoms with Crippen molar-refractivity contribution in [2.75, 3.05) is 5.73 Å². The van der Waals surface area contributed by atoms with Crippen molar-refractivity contribution < 1.29 is 4.74 Å². The van der Waals surface area contributed by atoms with Gasteiger partial charge < -0.3 is 10.5 Å². The Bertz CT molecular complexity index is 781. The summed E-state index contributed by atoms with van der Waals surface area (Å²) >= 11 is 0. The highest BCUT2D eigenvalue weighted by Gasteiger charge is 2.07. The van der Waals surface area contributed by atoms with Gasteiger partial charge in [-0.1, -0.05) is 12.1 Å². The van der Waals surface area contributed by atoms with E-state index in [0.717, 1.165) is 28.0 Å². The van der Waals surface area contributed by atoms with Gasteiger partial charge in [0, 0.05) is 28.4 Å². The highest BCUT2D eigenvalue weighted by atomic mass is 16.5. The number of benzene rings is 2. The molecule has 1 aromatic heterocycles. The van der Waals surface area contributed by atoms with Gasteiger partial charge in [0.2, 0.25) is 0 Å². The highest BCUT2D eigenvalue weighted by Crippen LogP contribution is 2.33. The lowest BCUT2D eigenvalue weighted by Gasteiger charge is -2.11. The molecule has 100 valence electrons. The zero-order chi connectivity index (χ0) is 14.1. The lowest BCUT2D eigenvalue weighted by Crippen LogP contribution is -1.93. The highest BCUT2D eigenvalue weighted by molar-refractivity contribution is 5.96. The number of pyridine rings is 1. The van der Waals surface area contributed by atoms with Crippen molar-refractivity contribution in [1.82, 2.24) is 4.98 Å². The molecule has 0 aliphatic rings. The Morgan fingerprint density at radius 2 is 1.85 bits per heavy atom. The molecule has 0 saturated carbocycles. The van der Waals surface area contributed by atoms with Crippen LogP contribution in [0.4, 0.5) is 5.69 Å². The Labute approximate surface area is 118 Å². The summed E-state index contributed by atoms with van der Waals surface area (Å²) in [4.78, 5) is 4.29. The molecule has 0 aliphatic carbocycles. The van der Waals surface area contributed by atoms with Gasteiger partial charge in [-0.25, -0.2) is 0 Å². The van der Waals surface area contributed by atoms with E-state index in [0.29, 0.717) is 5.69 Å². The second-order valence-corrected chi connectivity index (χ2v) is 4.94. The Morgan fingerprint density at radius 1 is 1.00 bits per heavy atom. The van der Waals surface area contributed by atoms with Gasteiger partial charge in [-0.2, -0.15) is 0 Å². The molecule has 0 radical (unpaired) electrons. The minimum atomic E-state index is 0.712. The first kappa shape index (κ1) is 12.5. The van der Waals surface area contributed by atoms with Crippen molar-refractivity contribution in [2.45, 2.75) is 13.8 Å². The molecule has 3 nitrogen and oxygen atoms in total. The summed E-state index contributed by atoms with van der Waals surface area (Å²) in [6.45, 7) is 4.00. The van der Waals surface area contributed by atoms with Crippen LogP contribution >= 0.6 is 0 Å². The second-order valence-electron chi connectivity index (χ2n) is 4.94. The van der Waals surface area contributed by atoms with Crippen molar-refractivity contribution in [2.24, 2.45) is 0 Å². The standard InChI is InChI=1S/C17H16N2O/c1-11-4-3-5-13(8-11)20-17-7-6-16(18)15-10-19-12(2)9-14(15)17/h3-10H,18H2,1-2H3. The van der Waals surface area contributed by atoms with E-state index in [1.165, 1.54) is 5.56 Å². The average molecular weight is 264 g/mol. The van der Waals surface area contributed by atoms with E-state index in [1.54, 1.807) is 6.20 Å². The fourth-order valence-corrected chi connectivity index (χ4v) is 2.23. The maximum atomic E-state index is 6.00. The first-order valence-corrected chi connectivity index (χ1v) is 6.53. The largest absolute Gasteiger partial charge is 0.457 e. The predicted molar refractivity (Wildman–Crippen MR) is 82.1 cm³/mol. The molecule has 0 bridgehead atoms. The van der Waals surface area contributed by atoms with Crippen molar-refractivity contribution >= 4 is 16.5 Å². The third kappa shape index (κ3) is 2.30. The van der Waals surface area contributed by atoms with Crippen LogP contribution in [0.3, 0.4) is 0 Å². The normalized spacial score (nSPS) is 10.7. The Hall–Kier alpha value is -2.55. The van der Waals surface area contributed by atoms with Gasteiger partial charge in [-0.05, 0) is 49.7 Å². The number of nitrogen functional groups attached to an aromatic ring is 1. The number of ether oxygens (including phenoxy) is 1. The van der Waals surface area contributed by atoms with Crippen LogP contribution in [0.15, 0.2) is 48.7 Å². The maximum Gasteiger partial charge on any atom is 0.135 e. The van der Waals surface area contributed by atoms with Crippen molar-refractivity contribution in [3.8, 4) is 11.5 Å². The van der Waals surface area contributed by atoms with Crippen LogP contribution in [0.2, 0.25) is 0 Å². The number of aryl methyl sites for hydroxylation is 2. The second kappa shape index (κ2) is 4.85. The molecule has 1 heterocycles. The molecular weight excluding hydrogens is 248 g/mol. The molecule has 0 spiro atoms. The van der Waals surface area contributed by atoms with E-state index in [9.17, 15) is 0 Å². The number of nitrogens with two attached hydrogens (primary N) is 1. The van der Waals surface area contributed by atoms with Gasteiger partial charge in [-0.15, -0.1) is 0 Å². The molecule has 0 amide bonds. The minimum absolute atomic E-state index is 0.712. The molecule has 0 atom stereocenters. The number of hydrogen-bond donors (Lipinski definition) is 1. The van der Waals surface area contributed by atoms with E-state index in [1.807, 2.05) is 56.3 Å². The number of rotatable bonds is 2. The lowest BCUT2D eigenvalue weighted by atomic mass is 10.1. The zero-order valence-corrected chi connectivity index (χ0v) is 11.6. The number of fused-ring (bicyclic) bond motifs is 1. The van der Waals surface area contributed by atoms with Gasteiger partial charge in [0.1, 0.15) is 11.5 Å². The van der Waals surface area contributed by atoms with Crippen LogP contribution in [0, 0.1) is 13.8 Å². The smallest absolute Gasteiger partial charge is 0.135 e. The number of hydrogen-bond acceptors (Lipinski definition) is 3. The molecule has 2 N–H and O–H groups in total. The topological polar surface area (TPSA) is 48.1 Å². The number of anilines is 1. The molecule has 0 saturated heterocycles. The summed E-state index contributed by atoms with van der Waals surface area (Å²) in [7, 11) is 0. The van der Waals surface area contributed by atoms with E-state index < -0.39 is 0 Å². The number of nitrogens with zero attached hydrogens (tertiary/aromatic N) is 1. The minimum Gasteiger partial charge on any atom is -0.457 e. The summed E-state index contributed by atoms with van der Waals surface area (Å²) in [6, 6.07) is 13.7. The third-order valence-corrected chi connectivity index (χ3v) is 3.25. The molecule has 2 aromatic carbocycles. The van der Waals surface area contributed by atoms with Crippen LogP contribution in [0.1, 0.15) is 11.3 Å². The summed E-state index contributed by atoms with van der Waals surface area (Å²) in [5.74, 6) is 1.62. The van der Waals surface area contributed by atoms with Crippen LogP contribution in [-0.2, 0) is 0 Å². The molecule has 0 fully saturated rings. The molecule has 3 heteroatoms. The van der Waals surface area contributed by atoms with Gasteiger partial charge in [0.25, 0.3) is 0 Å². The molecule has 3 aromatic rings. The lowest BCUT2D eigenvalue weighted by molar-refractivity contribution is 0.488. The molecule has 20 heavy (non-hydrogen) atoms. The summed E-state index contributed by atoms with van der Waals surface area (Å²) in [5.41, 5.74) is 8.82. The fourth-order valence-electron chi connectivity index (χ4n) is 2.23. The van der Waals surface area contributed by atoms with E-state index in [-0.39, 0.29) is 0 Å². The van der Waals surface area contributed by atoms with Gasteiger partial charge in [0.05, 0.1) is 0 Å². The van der Waals surface area contributed by atoms with Crippen LogP contribution in [-0.4, -0.2) is 4.98 Å². The van der Waals surface area contributed by atoms with Gasteiger partial charge >= 0.3 is 0 Å². The fraction of sp³-hybridized carbons (Fsp3) is 0.118. The van der Waals surface area contributed by atoms with Crippen LogP contribution < -0.4 is 10.5 Å². The monoisotopic (exact) mass is 264 g/mol. The van der Waals surface area contributed by atoms with Gasteiger partial charge in [-0.3, -0.25) is 4.98 Å². The van der Waals surface area contributed by atoms with E-state index >= 15 is 0 Å². The summed E-state index contributed by atoms with van der Waals surface area (Å²) in [5, 5.41) is 1.90. The third-order valence-electron chi connectivity index (χ3n) is 3.25. The SMILES string of the molecule is Cc1cccc(Oc2ccc(N)c3cnc(C)cc23)c1. The van der Waals surface area contributed by atoms with Crippen molar-refractivity contribution in [3.05, 3.63) is 59.9 Å². The number of aromatic nitrogens is 1. The first-order valence-electron chi connectivity index (χ1n) is 6.53. The van der Waals surface area contributed by atoms with E-state index in [4.69, 9.17) is 10.5 Å². The quantitative estimate of drug-likeness (QED) is 0.705. The Balaban J connectivity index is 2.12. The van der Waals surface area contributed by atoms with Crippen molar-refractivity contribution in [3.63, 3.8) is 0 Å². The van der Waals surface area contributed by atoms with E-state index in [2.05, 4.69) is 4.98 Å². The molecule has 0 aliphatic heterocycles. The molecule has 0 unspecified atom stereocenters. The van der Waals surface area contributed by atoms with Gasteiger partial charge in [0.15, 0.2) is 0 Å². The maximum absolute atomic E-state index is 6.00. The molecular formula is C17H16N2O. The Kier molecular flexibility index (Phi) is 3.03. The van der Waals surface area contributed by atoms with Crippen LogP contribution in [0.5, 0.6) is 11.5 Å². The summed E-state index contributed by atoms with van der Waals surface area (Å²) < 4.78 is 6.00. The first-order chi connectivity index (χ1) is 9.63. The summed E-state index contributed by atoms with van der Waals surface area (Å²) in [6.07, 6.45) is 1.79. The average Bonchev–Trinajstić information content (AvgIpc) is 2.42.